The highest BCUT2D eigenvalue weighted by atomic mass is 16.4. The average molecular weight is 227 g/mol. The third kappa shape index (κ3) is 4.21. The molecule has 0 bridgehead atoms. The molecule has 2 N–H and O–H groups in total. The first-order valence-corrected chi connectivity index (χ1v) is 6.15. The summed E-state index contributed by atoms with van der Waals surface area (Å²) in [6.45, 7) is 2.01. The molecule has 16 heavy (non-hydrogen) atoms. The van der Waals surface area contributed by atoms with Crippen molar-refractivity contribution in [2.24, 2.45) is 5.92 Å². The lowest BCUT2D eigenvalue weighted by atomic mass is 9.83. The molecule has 0 heterocycles. The first-order chi connectivity index (χ1) is 7.63. The van der Waals surface area contributed by atoms with Crippen LogP contribution in [0.5, 0.6) is 0 Å². The molecule has 1 aliphatic rings. The Morgan fingerprint density at radius 2 is 2.12 bits per heavy atom. The first-order valence-electron chi connectivity index (χ1n) is 6.15. The van der Waals surface area contributed by atoms with E-state index >= 15 is 0 Å². The highest BCUT2D eigenvalue weighted by Crippen LogP contribution is 2.29. The van der Waals surface area contributed by atoms with Gasteiger partial charge in [0.1, 0.15) is 6.04 Å². The fourth-order valence-electron chi connectivity index (χ4n) is 1.88. The van der Waals surface area contributed by atoms with Crippen LogP contribution < -0.4 is 5.32 Å². The highest BCUT2D eigenvalue weighted by molar-refractivity contribution is 5.83. The number of carboxylic acids is 1. The largest absolute Gasteiger partial charge is 0.480 e. The second-order valence-corrected chi connectivity index (χ2v) is 4.60. The maximum absolute atomic E-state index is 11.5. The minimum Gasteiger partial charge on any atom is -0.480 e. The van der Waals surface area contributed by atoms with Crippen LogP contribution in [0.2, 0.25) is 0 Å². The van der Waals surface area contributed by atoms with Crippen LogP contribution in [0.25, 0.3) is 0 Å². The van der Waals surface area contributed by atoms with Gasteiger partial charge in [-0.1, -0.05) is 26.2 Å². The quantitative estimate of drug-likeness (QED) is 0.698. The average Bonchev–Trinajstić information content (AvgIpc) is 2.18. The molecular weight excluding hydrogens is 206 g/mol. The predicted molar refractivity (Wildman–Crippen MR) is 61.0 cm³/mol. The minimum atomic E-state index is -0.921. The summed E-state index contributed by atoms with van der Waals surface area (Å²) in [4.78, 5) is 22.4. The molecule has 0 unspecified atom stereocenters. The third-order valence-electron chi connectivity index (χ3n) is 3.18. The molecule has 0 saturated heterocycles. The van der Waals surface area contributed by atoms with Gasteiger partial charge < -0.3 is 10.4 Å². The van der Waals surface area contributed by atoms with E-state index in [1.807, 2.05) is 6.92 Å². The Morgan fingerprint density at radius 3 is 2.56 bits per heavy atom. The Hall–Kier alpha value is -1.06. The van der Waals surface area contributed by atoms with Crippen LogP contribution >= 0.6 is 0 Å². The minimum absolute atomic E-state index is 0.104. The van der Waals surface area contributed by atoms with Gasteiger partial charge in [-0.15, -0.1) is 0 Å². The van der Waals surface area contributed by atoms with Crippen molar-refractivity contribution in [2.75, 3.05) is 0 Å². The zero-order chi connectivity index (χ0) is 12.0. The molecule has 1 aliphatic carbocycles. The summed E-state index contributed by atoms with van der Waals surface area (Å²) in [5, 5.41) is 11.6. The molecule has 1 saturated carbocycles. The predicted octanol–water partition coefficient (Wildman–Crippen LogP) is 1.94. The second kappa shape index (κ2) is 6.51. The van der Waals surface area contributed by atoms with Crippen molar-refractivity contribution in [1.29, 1.82) is 0 Å². The van der Waals surface area contributed by atoms with E-state index in [1.165, 1.54) is 6.42 Å². The summed E-state index contributed by atoms with van der Waals surface area (Å²) in [6.07, 6.45) is 6.23. The standard InChI is InChI=1S/C12H21NO3/c1-2-3-7-10(12(15)16)13-11(14)8-9-5-4-6-9/h9-10H,2-8H2,1H3,(H,13,14)(H,15,16)/t10-/m0/s1. The summed E-state index contributed by atoms with van der Waals surface area (Å²) < 4.78 is 0. The molecule has 1 fully saturated rings. The molecule has 0 aromatic heterocycles. The van der Waals surface area contributed by atoms with Crippen molar-refractivity contribution in [3.63, 3.8) is 0 Å². The number of carbonyl (C=O) groups excluding carboxylic acids is 1. The maximum Gasteiger partial charge on any atom is 0.326 e. The van der Waals surface area contributed by atoms with Gasteiger partial charge in [-0.25, -0.2) is 4.79 Å². The number of hydrogen-bond acceptors (Lipinski definition) is 2. The van der Waals surface area contributed by atoms with E-state index in [1.54, 1.807) is 0 Å². The van der Waals surface area contributed by atoms with Gasteiger partial charge in [-0.3, -0.25) is 4.79 Å². The van der Waals surface area contributed by atoms with Gasteiger partial charge in [0, 0.05) is 6.42 Å². The van der Waals surface area contributed by atoms with Gasteiger partial charge in [-0.2, -0.15) is 0 Å². The number of carboxylic acid groups (broad SMARTS) is 1. The zero-order valence-electron chi connectivity index (χ0n) is 9.87. The summed E-state index contributed by atoms with van der Waals surface area (Å²) in [7, 11) is 0. The van der Waals surface area contributed by atoms with Crippen LogP contribution in [0.4, 0.5) is 0 Å². The number of carbonyl (C=O) groups is 2. The molecule has 1 rings (SSSR count). The lowest BCUT2D eigenvalue weighted by Gasteiger charge is -2.25. The van der Waals surface area contributed by atoms with E-state index < -0.39 is 12.0 Å². The molecule has 0 aliphatic heterocycles. The molecule has 1 amide bonds. The van der Waals surface area contributed by atoms with Crippen LogP contribution in [-0.4, -0.2) is 23.0 Å². The fourth-order valence-corrected chi connectivity index (χ4v) is 1.88. The second-order valence-electron chi connectivity index (χ2n) is 4.60. The number of nitrogens with one attached hydrogen (secondary N) is 1. The van der Waals surface area contributed by atoms with Crippen LogP contribution in [0, 0.1) is 5.92 Å². The highest BCUT2D eigenvalue weighted by Gasteiger charge is 2.24. The molecule has 4 nitrogen and oxygen atoms in total. The van der Waals surface area contributed by atoms with Crippen molar-refractivity contribution in [2.45, 2.75) is 57.9 Å². The van der Waals surface area contributed by atoms with Crippen LogP contribution in [0.15, 0.2) is 0 Å². The van der Waals surface area contributed by atoms with Crippen LogP contribution in [0.1, 0.15) is 51.9 Å². The van der Waals surface area contributed by atoms with E-state index in [0.29, 0.717) is 18.8 Å². The maximum atomic E-state index is 11.5. The zero-order valence-corrected chi connectivity index (χ0v) is 9.87. The number of amides is 1. The molecular formula is C12H21NO3. The topological polar surface area (TPSA) is 66.4 Å². The Labute approximate surface area is 96.4 Å². The lowest BCUT2D eigenvalue weighted by molar-refractivity contribution is -0.142. The number of unbranched alkanes of at least 4 members (excludes halogenated alkanes) is 1. The van der Waals surface area contributed by atoms with Gasteiger partial charge in [0.25, 0.3) is 0 Å². The van der Waals surface area contributed by atoms with Crippen molar-refractivity contribution in [3.05, 3.63) is 0 Å². The summed E-state index contributed by atoms with van der Waals surface area (Å²) >= 11 is 0. The molecule has 0 spiro atoms. The number of aliphatic carboxylic acids is 1. The summed E-state index contributed by atoms with van der Waals surface area (Å²) in [6, 6.07) is -0.701. The van der Waals surface area contributed by atoms with Gasteiger partial charge in [0.05, 0.1) is 0 Å². The fraction of sp³-hybridized carbons (Fsp3) is 0.833. The van der Waals surface area contributed by atoms with Gasteiger partial charge in [0.15, 0.2) is 0 Å². The third-order valence-corrected chi connectivity index (χ3v) is 3.18. The molecule has 92 valence electrons. The van der Waals surface area contributed by atoms with E-state index in [4.69, 9.17) is 5.11 Å². The van der Waals surface area contributed by atoms with Gasteiger partial charge >= 0.3 is 5.97 Å². The van der Waals surface area contributed by atoms with Crippen molar-refractivity contribution in [3.8, 4) is 0 Å². The molecule has 0 aromatic carbocycles. The van der Waals surface area contributed by atoms with E-state index in [0.717, 1.165) is 25.7 Å². The van der Waals surface area contributed by atoms with Crippen molar-refractivity contribution >= 4 is 11.9 Å². The Bertz CT molecular complexity index is 249. The van der Waals surface area contributed by atoms with Crippen LogP contribution in [-0.2, 0) is 9.59 Å². The lowest BCUT2D eigenvalue weighted by Crippen LogP contribution is -2.41. The monoisotopic (exact) mass is 227 g/mol. The Balaban J connectivity index is 2.28. The van der Waals surface area contributed by atoms with Gasteiger partial charge in [0.2, 0.25) is 5.91 Å². The van der Waals surface area contributed by atoms with E-state index in [-0.39, 0.29) is 5.91 Å². The summed E-state index contributed by atoms with van der Waals surface area (Å²) in [5.74, 6) is -0.538. The SMILES string of the molecule is CCCC[C@H](NC(=O)CC1CCC1)C(=O)O. The first kappa shape index (κ1) is 13.0. The smallest absolute Gasteiger partial charge is 0.326 e. The summed E-state index contributed by atoms with van der Waals surface area (Å²) in [5.41, 5.74) is 0. The van der Waals surface area contributed by atoms with E-state index in [2.05, 4.69) is 5.32 Å². The van der Waals surface area contributed by atoms with Gasteiger partial charge in [-0.05, 0) is 25.2 Å². The Kier molecular flexibility index (Phi) is 5.29. The molecule has 0 radical (unpaired) electrons. The Morgan fingerprint density at radius 1 is 1.44 bits per heavy atom. The van der Waals surface area contributed by atoms with Crippen molar-refractivity contribution in [1.82, 2.24) is 5.32 Å². The van der Waals surface area contributed by atoms with E-state index in [9.17, 15) is 9.59 Å². The molecule has 0 aromatic rings. The molecule has 1 atom stereocenters. The molecule has 4 heteroatoms. The van der Waals surface area contributed by atoms with Crippen molar-refractivity contribution < 1.29 is 14.7 Å². The normalized spacial score (nSPS) is 17.6. The number of hydrogen-bond donors (Lipinski definition) is 2. The number of rotatable bonds is 7. The van der Waals surface area contributed by atoms with Crippen LogP contribution in [0.3, 0.4) is 0 Å².